The van der Waals surface area contributed by atoms with E-state index in [1.165, 1.54) is 24.3 Å². The van der Waals surface area contributed by atoms with Gasteiger partial charge in [-0.3, -0.25) is 0 Å². The molecule has 0 saturated carbocycles. The summed E-state index contributed by atoms with van der Waals surface area (Å²) in [5.41, 5.74) is 1.50. The topological polar surface area (TPSA) is 58.8 Å². The van der Waals surface area contributed by atoms with Crippen molar-refractivity contribution in [3.8, 4) is 5.75 Å². The van der Waals surface area contributed by atoms with Crippen LogP contribution in [-0.2, 0) is 16.3 Å². The molecule has 3 rings (SSSR count). The molecule has 1 aromatic carbocycles. The van der Waals surface area contributed by atoms with Crippen molar-refractivity contribution in [2.75, 3.05) is 0 Å². The molecule has 0 fully saturated rings. The summed E-state index contributed by atoms with van der Waals surface area (Å²) in [4.78, 5) is 0.556. The average molecular weight is 315 g/mol. The maximum atomic E-state index is 13.0. The monoisotopic (exact) mass is 315 g/mol. The Balaban J connectivity index is 2.27. The van der Waals surface area contributed by atoms with Gasteiger partial charge in [-0.25, -0.2) is 8.42 Å². The Morgan fingerprint density at radius 3 is 2.50 bits per heavy atom. The van der Waals surface area contributed by atoms with Crippen LogP contribution < -0.4 is 0 Å². The van der Waals surface area contributed by atoms with Gasteiger partial charge in [-0.15, -0.1) is 0 Å². The summed E-state index contributed by atoms with van der Waals surface area (Å²) in [6, 6.07) is 11.2. The van der Waals surface area contributed by atoms with Gasteiger partial charge in [0.1, 0.15) is 10.6 Å². The van der Waals surface area contributed by atoms with E-state index in [0.717, 1.165) is 12.0 Å². The molecule has 3 aromatic rings. The summed E-state index contributed by atoms with van der Waals surface area (Å²) in [5, 5.41) is 9.36. The van der Waals surface area contributed by atoms with Crippen molar-refractivity contribution in [3.63, 3.8) is 0 Å². The maximum absolute atomic E-state index is 13.0. The van der Waals surface area contributed by atoms with Crippen LogP contribution in [-0.4, -0.2) is 17.9 Å². The summed E-state index contributed by atoms with van der Waals surface area (Å²) in [6.45, 7) is 2.03. The Bertz CT molecular complexity index is 909. The van der Waals surface area contributed by atoms with Crippen molar-refractivity contribution >= 4 is 15.4 Å². The largest absolute Gasteiger partial charge is 0.508 e. The summed E-state index contributed by atoms with van der Waals surface area (Å²) in [6.07, 6.45) is 5.31. The molecule has 0 unspecified atom stereocenters. The Morgan fingerprint density at radius 1 is 1.09 bits per heavy atom. The van der Waals surface area contributed by atoms with Crippen LogP contribution in [0.25, 0.3) is 5.52 Å². The van der Waals surface area contributed by atoms with Gasteiger partial charge in [0.15, 0.2) is 0 Å². The molecule has 0 spiro atoms. The SMILES string of the molecule is CCCc1cn2ccccc2c1S(=O)(=O)c1ccc(O)cc1. The predicted molar refractivity (Wildman–Crippen MR) is 85.0 cm³/mol. The molecule has 0 radical (unpaired) electrons. The Morgan fingerprint density at radius 2 is 1.82 bits per heavy atom. The normalized spacial score (nSPS) is 11.9. The predicted octanol–water partition coefficient (Wildman–Crippen LogP) is 3.43. The number of phenols is 1. The zero-order chi connectivity index (χ0) is 15.7. The first-order valence-electron chi connectivity index (χ1n) is 7.16. The highest BCUT2D eigenvalue weighted by Gasteiger charge is 2.25. The van der Waals surface area contributed by atoms with Gasteiger partial charge in [0.05, 0.1) is 10.4 Å². The lowest BCUT2D eigenvalue weighted by atomic mass is 10.2. The van der Waals surface area contributed by atoms with Crippen LogP contribution in [0.5, 0.6) is 5.75 Å². The number of aromatic hydroxyl groups is 1. The number of aromatic nitrogens is 1. The molecule has 0 bridgehead atoms. The molecule has 114 valence electrons. The zero-order valence-electron chi connectivity index (χ0n) is 12.2. The van der Waals surface area contributed by atoms with Gasteiger partial charge in [0, 0.05) is 12.4 Å². The molecule has 0 aliphatic rings. The third-order valence-corrected chi connectivity index (χ3v) is 5.55. The molecule has 2 aromatic heterocycles. The van der Waals surface area contributed by atoms with E-state index in [0.29, 0.717) is 16.8 Å². The van der Waals surface area contributed by atoms with E-state index >= 15 is 0 Å². The quantitative estimate of drug-likeness (QED) is 0.802. The van der Waals surface area contributed by atoms with E-state index in [-0.39, 0.29) is 10.6 Å². The minimum atomic E-state index is -3.62. The van der Waals surface area contributed by atoms with Gasteiger partial charge < -0.3 is 9.51 Å². The Hall–Kier alpha value is -2.27. The Kier molecular flexibility index (Phi) is 3.66. The molecule has 0 aliphatic heterocycles. The number of aryl methyl sites for hydroxylation is 1. The van der Waals surface area contributed by atoms with Gasteiger partial charge in [-0.1, -0.05) is 19.4 Å². The third kappa shape index (κ3) is 2.37. The molecule has 0 atom stereocenters. The van der Waals surface area contributed by atoms with E-state index in [2.05, 4.69) is 0 Å². The number of phenolic OH excluding ortho intramolecular Hbond substituents is 1. The highest BCUT2D eigenvalue weighted by molar-refractivity contribution is 7.91. The summed E-state index contributed by atoms with van der Waals surface area (Å²) < 4.78 is 27.9. The zero-order valence-corrected chi connectivity index (χ0v) is 13.0. The van der Waals surface area contributed by atoms with Crippen LogP contribution in [0.15, 0.2) is 64.6 Å². The second-order valence-electron chi connectivity index (χ2n) is 5.22. The van der Waals surface area contributed by atoms with Crippen molar-refractivity contribution in [2.45, 2.75) is 29.6 Å². The maximum Gasteiger partial charge on any atom is 0.208 e. The lowest BCUT2D eigenvalue weighted by Crippen LogP contribution is -2.04. The number of fused-ring (bicyclic) bond motifs is 1. The number of sulfone groups is 1. The van der Waals surface area contributed by atoms with Crippen LogP contribution >= 0.6 is 0 Å². The van der Waals surface area contributed by atoms with E-state index in [1.54, 1.807) is 0 Å². The first-order chi connectivity index (χ1) is 10.5. The first kappa shape index (κ1) is 14.7. The van der Waals surface area contributed by atoms with E-state index in [9.17, 15) is 13.5 Å². The third-order valence-electron chi connectivity index (χ3n) is 3.64. The van der Waals surface area contributed by atoms with Crippen LogP contribution in [0.4, 0.5) is 0 Å². The fourth-order valence-electron chi connectivity index (χ4n) is 2.65. The van der Waals surface area contributed by atoms with Gasteiger partial charge in [-0.2, -0.15) is 0 Å². The molecule has 4 nitrogen and oxygen atoms in total. The Labute approximate surface area is 129 Å². The van der Waals surface area contributed by atoms with Crippen LogP contribution in [0.2, 0.25) is 0 Å². The highest BCUT2D eigenvalue weighted by atomic mass is 32.2. The molecule has 0 amide bonds. The highest BCUT2D eigenvalue weighted by Crippen LogP contribution is 2.31. The number of hydrogen-bond donors (Lipinski definition) is 1. The first-order valence-corrected chi connectivity index (χ1v) is 8.65. The van der Waals surface area contributed by atoms with E-state index < -0.39 is 9.84 Å². The molecule has 1 N–H and O–H groups in total. The molecule has 22 heavy (non-hydrogen) atoms. The van der Waals surface area contributed by atoms with E-state index in [1.807, 2.05) is 41.9 Å². The van der Waals surface area contributed by atoms with Crippen molar-refractivity contribution in [1.82, 2.24) is 4.40 Å². The van der Waals surface area contributed by atoms with Gasteiger partial charge in [0.25, 0.3) is 0 Å². The molecule has 2 heterocycles. The average Bonchev–Trinajstić information content (AvgIpc) is 2.86. The molecule has 0 aliphatic carbocycles. The number of rotatable bonds is 4. The van der Waals surface area contributed by atoms with Gasteiger partial charge >= 0.3 is 0 Å². The molecular formula is C17H17NO3S. The number of hydrogen-bond acceptors (Lipinski definition) is 3. The lowest BCUT2D eigenvalue weighted by molar-refractivity contribution is 0.475. The van der Waals surface area contributed by atoms with Gasteiger partial charge in [0.2, 0.25) is 9.84 Å². The van der Waals surface area contributed by atoms with E-state index in [4.69, 9.17) is 0 Å². The number of nitrogens with zero attached hydrogens (tertiary/aromatic N) is 1. The molecule has 0 saturated heterocycles. The second kappa shape index (κ2) is 5.50. The van der Waals surface area contributed by atoms with Crippen LogP contribution in [0.1, 0.15) is 18.9 Å². The summed E-state index contributed by atoms with van der Waals surface area (Å²) in [7, 11) is -3.62. The van der Waals surface area contributed by atoms with Crippen LogP contribution in [0, 0.1) is 0 Å². The van der Waals surface area contributed by atoms with Gasteiger partial charge in [-0.05, 0) is 48.4 Å². The van der Waals surface area contributed by atoms with Crippen molar-refractivity contribution < 1.29 is 13.5 Å². The summed E-state index contributed by atoms with van der Waals surface area (Å²) in [5.74, 6) is 0.0504. The minimum Gasteiger partial charge on any atom is -0.508 e. The second-order valence-corrected chi connectivity index (χ2v) is 7.11. The summed E-state index contributed by atoms with van der Waals surface area (Å²) >= 11 is 0. The lowest BCUT2D eigenvalue weighted by Gasteiger charge is -2.07. The smallest absolute Gasteiger partial charge is 0.208 e. The minimum absolute atomic E-state index is 0.0504. The van der Waals surface area contributed by atoms with Crippen LogP contribution in [0.3, 0.4) is 0 Å². The number of benzene rings is 1. The fraction of sp³-hybridized carbons (Fsp3) is 0.176. The molecule has 5 heteroatoms. The van der Waals surface area contributed by atoms with Crippen molar-refractivity contribution in [1.29, 1.82) is 0 Å². The van der Waals surface area contributed by atoms with Crippen molar-refractivity contribution in [2.24, 2.45) is 0 Å². The van der Waals surface area contributed by atoms with Crippen molar-refractivity contribution in [3.05, 3.63) is 60.4 Å². The number of pyridine rings is 1. The standard InChI is InChI=1S/C17H17NO3S/c1-2-5-13-12-18-11-4-3-6-16(18)17(13)22(20,21)15-9-7-14(19)8-10-15/h3-4,6-12,19H,2,5H2,1H3. The fourth-order valence-corrected chi connectivity index (χ4v) is 4.33. The molecular weight excluding hydrogens is 298 g/mol.